The molecule has 2 radical (unpaired) electrons. The van der Waals surface area contributed by atoms with Crippen LogP contribution in [0.2, 0.25) is 0 Å². The number of phenolic OH excluding ortho intramolecular Hbond substituents is 2. The molecule has 2 rings (SSSR count). The Morgan fingerprint density at radius 3 is 1.25 bits per heavy atom. The minimum absolute atomic E-state index is 0. The molecule has 0 bridgehead atoms. The maximum Gasteiger partial charge on any atom is 0.237 e. The number of rotatable bonds is 3. The second-order valence-electron chi connectivity index (χ2n) is 3.69. The normalized spacial score (nSPS) is 9.00. The van der Waals surface area contributed by atoms with Gasteiger partial charge in [-0.15, -0.1) is 0 Å². The van der Waals surface area contributed by atoms with E-state index in [0.29, 0.717) is 0 Å². The molecule has 2 aromatic rings. The van der Waals surface area contributed by atoms with Crippen LogP contribution in [0.25, 0.3) is 0 Å². The molecule has 2 aromatic carbocycles. The van der Waals surface area contributed by atoms with Gasteiger partial charge in [-0.25, -0.2) is 0 Å². The zero-order valence-corrected chi connectivity index (χ0v) is 19.5. The number of para-hydroxylation sites is 2. The van der Waals surface area contributed by atoms with Gasteiger partial charge < -0.3 is 10.2 Å². The fourth-order valence-electron chi connectivity index (χ4n) is 1.58. The molecule has 96 valence electrons. The van der Waals surface area contributed by atoms with Crippen LogP contribution in [0.5, 0.6) is 11.5 Å². The molecule has 20 heavy (non-hydrogen) atoms. The maximum absolute atomic E-state index is 11.9. The summed E-state index contributed by atoms with van der Waals surface area (Å²) in [5, 5.41) is 19.0. The van der Waals surface area contributed by atoms with Crippen LogP contribution >= 0.6 is 0 Å². The largest absolute Gasteiger partial charge is 0.507 e. The fraction of sp³-hybridized carbons (Fsp3) is 0. The third-order valence-corrected chi connectivity index (χ3v) is 2.50. The van der Waals surface area contributed by atoms with Gasteiger partial charge in [0.2, 0.25) is 11.6 Å². The second-order valence-corrected chi connectivity index (χ2v) is 3.69. The van der Waals surface area contributed by atoms with Gasteiger partial charge in [-0.05, 0) is 24.3 Å². The topological polar surface area (TPSA) is 74.6 Å². The Bertz CT molecular complexity index is 571. The standard InChI is InChI=1S/C14H10O4.2Tl/c15-11-7-3-1-5-9(11)13(17)14(18)10-6-2-4-8-12(10)16;;/h1-8,15-16H;;. The van der Waals surface area contributed by atoms with Gasteiger partial charge in [0.15, 0.2) is 0 Å². The van der Waals surface area contributed by atoms with Crippen LogP contribution in [0.1, 0.15) is 20.7 Å². The van der Waals surface area contributed by atoms with Crippen LogP contribution in [-0.2, 0) is 0 Å². The third-order valence-electron chi connectivity index (χ3n) is 2.50. The number of hydrogen-bond donors (Lipinski definition) is 2. The van der Waals surface area contributed by atoms with Crippen molar-refractivity contribution >= 4 is 66.2 Å². The Balaban J connectivity index is 0.00000180. The van der Waals surface area contributed by atoms with E-state index in [0.717, 1.165) is 0 Å². The number of benzene rings is 2. The molecule has 6 heteroatoms. The minimum Gasteiger partial charge on any atom is -0.507 e. The zero-order chi connectivity index (χ0) is 13.1. The Kier molecular flexibility index (Phi) is 8.17. The van der Waals surface area contributed by atoms with E-state index >= 15 is 0 Å². The second kappa shape index (κ2) is 8.50. The summed E-state index contributed by atoms with van der Waals surface area (Å²) in [6.07, 6.45) is 0. The van der Waals surface area contributed by atoms with Gasteiger partial charge in [0, 0.05) is 54.6 Å². The predicted octanol–water partition coefficient (Wildman–Crippen LogP) is 1.40. The van der Waals surface area contributed by atoms with Crippen molar-refractivity contribution in [1.82, 2.24) is 0 Å². The number of aromatic hydroxyl groups is 2. The summed E-state index contributed by atoms with van der Waals surface area (Å²) in [4.78, 5) is 23.8. The molecule has 0 saturated heterocycles. The zero-order valence-electron chi connectivity index (χ0n) is 10.5. The van der Waals surface area contributed by atoms with Crippen LogP contribution in [0.3, 0.4) is 0 Å². The third kappa shape index (κ3) is 4.11. The minimum atomic E-state index is -0.852. The molecule has 0 aliphatic rings. The summed E-state index contributed by atoms with van der Waals surface area (Å²) in [7, 11) is 0. The van der Waals surface area contributed by atoms with Gasteiger partial charge in [-0.1, -0.05) is 24.3 Å². The van der Waals surface area contributed by atoms with E-state index in [9.17, 15) is 19.8 Å². The van der Waals surface area contributed by atoms with Crippen LogP contribution in [-0.4, -0.2) is 76.4 Å². The van der Waals surface area contributed by atoms with Crippen molar-refractivity contribution in [3.05, 3.63) is 59.7 Å². The van der Waals surface area contributed by atoms with E-state index in [-0.39, 0.29) is 77.2 Å². The quantitative estimate of drug-likeness (QED) is 0.300. The van der Waals surface area contributed by atoms with Crippen molar-refractivity contribution in [3.8, 4) is 11.5 Å². The molecule has 0 aliphatic heterocycles. The van der Waals surface area contributed by atoms with E-state index in [1.54, 1.807) is 24.3 Å². The maximum atomic E-state index is 11.9. The van der Waals surface area contributed by atoms with Crippen LogP contribution in [0.4, 0.5) is 0 Å². The van der Waals surface area contributed by atoms with Crippen molar-refractivity contribution < 1.29 is 19.8 Å². The summed E-state index contributed by atoms with van der Waals surface area (Å²) >= 11 is 0. The molecule has 0 aromatic heterocycles. The van der Waals surface area contributed by atoms with Gasteiger partial charge in [-0.3, -0.25) is 9.59 Å². The van der Waals surface area contributed by atoms with E-state index in [1.165, 1.54) is 24.3 Å². The first-order chi connectivity index (χ1) is 8.61. The molecule has 2 N–H and O–H groups in total. The van der Waals surface area contributed by atoms with Gasteiger partial charge in [0.1, 0.15) is 11.5 Å². The number of carbonyl (C=O) groups is 2. The molecule has 0 heterocycles. The Hall–Kier alpha value is -0.776. The summed E-state index contributed by atoms with van der Waals surface area (Å²) in [5.41, 5.74) is -0.156. The first-order valence-electron chi connectivity index (χ1n) is 5.26. The average molecular weight is 651 g/mol. The number of ketones is 2. The van der Waals surface area contributed by atoms with E-state index in [2.05, 4.69) is 0 Å². The van der Waals surface area contributed by atoms with Gasteiger partial charge in [-0.2, -0.15) is 0 Å². The van der Waals surface area contributed by atoms with Gasteiger partial charge >= 0.3 is 0 Å². The molecule has 0 spiro atoms. The summed E-state index contributed by atoms with van der Waals surface area (Å²) in [6, 6.07) is 11.6. The molecule has 0 aliphatic carbocycles. The first-order valence-corrected chi connectivity index (χ1v) is 5.26. The molecule has 0 atom stereocenters. The predicted molar refractivity (Wildman–Crippen MR) is 76.4 cm³/mol. The number of phenols is 2. The number of Topliss-reactive ketones (excluding diaryl/α,β-unsaturated/α-hetero) is 2. The molecular formula is C14H10O4Tl2. The van der Waals surface area contributed by atoms with Gasteiger partial charge in [0.05, 0.1) is 11.1 Å². The van der Waals surface area contributed by atoms with Crippen LogP contribution in [0.15, 0.2) is 48.5 Å². The molecule has 0 saturated carbocycles. The monoisotopic (exact) mass is 652 g/mol. The summed E-state index contributed by atoms with van der Waals surface area (Å²) in [6.45, 7) is 0. The molecule has 0 unspecified atom stereocenters. The Morgan fingerprint density at radius 2 is 0.950 bits per heavy atom. The van der Waals surface area contributed by atoms with Crippen molar-refractivity contribution in [2.24, 2.45) is 0 Å². The van der Waals surface area contributed by atoms with Crippen LogP contribution < -0.4 is 0 Å². The summed E-state index contributed by atoms with van der Waals surface area (Å²) in [5.74, 6) is -2.22. The number of carbonyl (C=O) groups excluding carboxylic acids is 2. The van der Waals surface area contributed by atoms with Crippen molar-refractivity contribution in [3.63, 3.8) is 0 Å². The van der Waals surface area contributed by atoms with E-state index < -0.39 is 11.6 Å². The van der Waals surface area contributed by atoms with Gasteiger partial charge in [0.25, 0.3) is 0 Å². The van der Waals surface area contributed by atoms with Crippen LogP contribution in [0, 0.1) is 0 Å². The van der Waals surface area contributed by atoms with Crippen molar-refractivity contribution in [1.29, 1.82) is 0 Å². The molecule has 4 nitrogen and oxygen atoms in total. The summed E-state index contributed by atoms with van der Waals surface area (Å²) < 4.78 is 0. The average Bonchev–Trinajstić information content (AvgIpc) is 2.38. The molecular weight excluding hydrogens is 641 g/mol. The smallest absolute Gasteiger partial charge is 0.237 e. The fourth-order valence-corrected chi connectivity index (χ4v) is 1.58. The SMILES string of the molecule is O=C(C(=O)c1ccccc1O)c1ccccc1O.[Tl].[Tl]. The van der Waals surface area contributed by atoms with E-state index in [4.69, 9.17) is 0 Å². The molecule has 0 amide bonds. The van der Waals surface area contributed by atoms with E-state index in [1.807, 2.05) is 0 Å². The van der Waals surface area contributed by atoms with Crippen molar-refractivity contribution in [2.45, 2.75) is 0 Å². The molecule has 0 fully saturated rings. The van der Waals surface area contributed by atoms with Crippen molar-refractivity contribution in [2.75, 3.05) is 0 Å². The number of hydrogen-bond acceptors (Lipinski definition) is 4. The first kappa shape index (κ1) is 19.2. The Morgan fingerprint density at radius 1 is 0.650 bits per heavy atom. The Labute approximate surface area is 156 Å².